The molecule has 1 aromatic heterocycles. The van der Waals surface area contributed by atoms with Crippen molar-refractivity contribution >= 4 is 15.9 Å². The fourth-order valence-corrected chi connectivity index (χ4v) is 5.99. The standard InChI is InChI=1S/C20H26N4O5S/c1-4-15-5-7-16(8-6-15)30(26,27)24-12-20(13-24)11-23(18(25)10-28-3)9-17(20)19-21-14(2)22-29-19/h5-8,17H,4,9-13H2,1-3H3. The highest BCUT2D eigenvalue weighted by Crippen LogP contribution is 2.50. The topological polar surface area (TPSA) is 106 Å². The minimum absolute atomic E-state index is 0.0164. The normalized spacial score (nSPS) is 21.2. The molecule has 2 fully saturated rings. The molecule has 3 heterocycles. The third-order valence-corrected chi connectivity index (χ3v) is 7.87. The van der Waals surface area contributed by atoms with Crippen molar-refractivity contribution in [1.29, 1.82) is 0 Å². The number of hydrogen-bond donors (Lipinski definition) is 0. The Balaban J connectivity index is 1.57. The van der Waals surface area contributed by atoms with Crippen molar-refractivity contribution in [1.82, 2.24) is 19.3 Å². The van der Waals surface area contributed by atoms with E-state index in [1.54, 1.807) is 24.0 Å². The van der Waals surface area contributed by atoms with Gasteiger partial charge in [0.05, 0.1) is 10.8 Å². The van der Waals surface area contributed by atoms with Crippen LogP contribution in [-0.2, 0) is 26.0 Å². The lowest BCUT2D eigenvalue weighted by Crippen LogP contribution is -2.61. The molecule has 1 amide bonds. The quantitative estimate of drug-likeness (QED) is 0.673. The number of ether oxygens (including phenoxy) is 1. The smallest absolute Gasteiger partial charge is 0.248 e. The van der Waals surface area contributed by atoms with Gasteiger partial charge in [0.2, 0.25) is 21.8 Å². The molecule has 1 spiro atoms. The number of sulfonamides is 1. The molecule has 2 aromatic rings. The number of carbonyl (C=O) groups is 1. The maximum atomic E-state index is 13.1. The number of hydrogen-bond acceptors (Lipinski definition) is 7. The summed E-state index contributed by atoms with van der Waals surface area (Å²) < 4.78 is 38.0. The zero-order valence-electron chi connectivity index (χ0n) is 17.4. The van der Waals surface area contributed by atoms with Gasteiger partial charge in [0.1, 0.15) is 6.61 Å². The van der Waals surface area contributed by atoms with Gasteiger partial charge in [-0.25, -0.2) is 8.42 Å². The van der Waals surface area contributed by atoms with E-state index in [9.17, 15) is 13.2 Å². The molecule has 0 saturated carbocycles. The maximum absolute atomic E-state index is 13.1. The average Bonchev–Trinajstić information content (AvgIpc) is 3.31. The third-order valence-electron chi connectivity index (χ3n) is 6.06. The molecule has 9 nitrogen and oxygen atoms in total. The Morgan fingerprint density at radius 2 is 1.97 bits per heavy atom. The maximum Gasteiger partial charge on any atom is 0.248 e. The number of nitrogens with zero attached hydrogens (tertiary/aromatic N) is 4. The Morgan fingerprint density at radius 3 is 2.53 bits per heavy atom. The molecule has 10 heteroatoms. The van der Waals surface area contributed by atoms with E-state index in [1.165, 1.54) is 11.4 Å². The Labute approximate surface area is 176 Å². The highest BCUT2D eigenvalue weighted by atomic mass is 32.2. The van der Waals surface area contributed by atoms with Crippen LogP contribution in [0.4, 0.5) is 0 Å². The first-order valence-electron chi connectivity index (χ1n) is 9.95. The van der Waals surface area contributed by atoms with Crippen LogP contribution in [0.15, 0.2) is 33.7 Å². The molecule has 1 aromatic carbocycles. The third kappa shape index (κ3) is 3.52. The molecule has 4 rings (SSSR count). The van der Waals surface area contributed by atoms with Gasteiger partial charge in [-0.2, -0.15) is 9.29 Å². The molecular weight excluding hydrogens is 408 g/mol. The largest absolute Gasteiger partial charge is 0.375 e. The van der Waals surface area contributed by atoms with Crippen LogP contribution in [0, 0.1) is 12.3 Å². The van der Waals surface area contributed by atoms with Gasteiger partial charge in [-0.3, -0.25) is 4.79 Å². The average molecular weight is 435 g/mol. The zero-order chi connectivity index (χ0) is 21.5. The summed E-state index contributed by atoms with van der Waals surface area (Å²) in [7, 11) is -2.12. The van der Waals surface area contributed by atoms with Crippen LogP contribution in [0.2, 0.25) is 0 Å². The van der Waals surface area contributed by atoms with Crippen LogP contribution in [-0.4, -0.2) is 73.6 Å². The summed E-state index contributed by atoms with van der Waals surface area (Å²) in [6, 6.07) is 6.99. The predicted molar refractivity (Wildman–Crippen MR) is 107 cm³/mol. The second-order valence-electron chi connectivity index (χ2n) is 8.07. The minimum atomic E-state index is -3.60. The van der Waals surface area contributed by atoms with E-state index in [4.69, 9.17) is 9.26 Å². The Morgan fingerprint density at radius 1 is 1.27 bits per heavy atom. The molecule has 2 aliphatic rings. The number of benzene rings is 1. The van der Waals surface area contributed by atoms with Gasteiger partial charge in [0.25, 0.3) is 0 Å². The van der Waals surface area contributed by atoms with Crippen molar-refractivity contribution < 1.29 is 22.5 Å². The van der Waals surface area contributed by atoms with E-state index in [0.717, 1.165) is 12.0 Å². The second-order valence-corrected chi connectivity index (χ2v) is 10.0. The van der Waals surface area contributed by atoms with Gasteiger partial charge < -0.3 is 14.2 Å². The van der Waals surface area contributed by atoms with Crippen LogP contribution >= 0.6 is 0 Å². The molecule has 1 atom stereocenters. The number of aryl methyl sites for hydroxylation is 2. The number of amides is 1. The number of methoxy groups -OCH3 is 1. The number of carbonyl (C=O) groups excluding carboxylic acids is 1. The van der Waals surface area contributed by atoms with Crippen molar-refractivity contribution in [2.45, 2.75) is 31.1 Å². The van der Waals surface area contributed by atoms with Crippen molar-refractivity contribution in [3.63, 3.8) is 0 Å². The first-order chi connectivity index (χ1) is 14.3. The van der Waals surface area contributed by atoms with E-state index in [0.29, 0.717) is 37.9 Å². The highest BCUT2D eigenvalue weighted by Gasteiger charge is 2.60. The van der Waals surface area contributed by atoms with Gasteiger partial charge in [-0.15, -0.1) is 0 Å². The predicted octanol–water partition coefficient (Wildman–Crippen LogP) is 1.20. The zero-order valence-corrected chi connectivity index (χ0v) is 18.2. The van der Waals surface area contributed by atoms with Gasteiger partial charge in [0.15, 0.2) is 5.82 Å². The summed E-state index contributed by atoms with van der Waals surface area (Å²) in [5.41, 5.74) is 0.641. The lowest BCUT2D eigenvalue weighted by molar-refractivity contribution is -0.134. The van der Waals surface area contributed by atoms with Crippen molar-refractivity contribution in [3.8, 4) is 0 Å². The Hall–Kier alpha value is -2.30. The summed E-state index contributed by atoms with van der Waals surface area (Å²) in [5.74, 6) is 0.617. The number of rotatable bonds is 6. The van der Waals surface area contributed by atoms with Gasteiger partial charge in [-0.05, 0) is 31.0 Å². The van der Waals surface area contributed by atoms with Gasteiger partial charge >= 0.3 is 0 Å². The Bertz CT molecular complexity index is 1030. The first kappa shape index (κ1) is 21.0. The van der Waals surface area contributed by atoms with Crippen molar-refractivity contribution in [2.24, 2.45) is 5.41 Å². The van der Waals surface area contributed by atoms with Crippen LogP contribution in [0.5, 0.6) is 0 Å². The van der Waals surface area contributed by atoms with Gasteiger partial charge in [-0.1, -0.05) is 24.2 Å². The molecule has 0 radical (unpaired) electrons. The number of aromatic nitrogens is 2. The molecule has 0 aliphatic carbocycles. The molecular formula is C20H26N4O5S. The first-order valence-corrected chi connectivity index (χ1v) is 11.4. The van der Waals surface area contributed by atoms with E-state index in [2.05, 4.69) is 10.1 Å². The van der Waals surface area contributed by atoms with Crippen LogP contribution in [0.25, 0.3) is 0 Å². The van der Waals surface area contributed by atoms with Crippen LogP contribution < -0.4 is 0 Å². The van der Waals surface area contributed by atoms with E-state index >= 15 is 0 Å². The van der Waals surface area contributed by atoms with Crippen molar-refractivity contribution in [2.75, 3.05) is 39.9 Å². The highest BCUT2D eigenvalue weighted by molar-refractivity contribution is 7.89. The van der Waals surface area contributed by atoms with Crippen LogP contribution in [0.3, 0.4) is 0 Å². The molecule has 2 saturated heterocycles. The molecule has 0 bridgehead atoms. The van der Waals surface area contributed by atoms with E-state index < -0.39 is 15.4 Å². The SMILES string of the molecule is CCc1ccc(S(=O)(=O)N2CC3(CN(C(=O)COC)CC3c3nc(C)no3)C2)cc1. The van der Waals surface area contributed by atoms with E-state index in [-0.39, 0.29) is 23.3 Å². The molecule has 30 heavy (non-hydrogen) atoms. The molecule has 162 valence electrons. The summed E-state index contributed by atoms with van der Waals surface area (Å²) in [4.78, 5) is 18.8. The fraction of sp³-hybridized carbons (Fsp3) is 0.550. The molecule has 1 unspecified atom stereocenters. The van der Waals surface area contributed by atoms with Gasteiger partial charge in [0, 0.05) is 38.7 Å². The number of likely N-dealkylation sites (tertiary alicyclic amines) is 1. The fourth-order valence-electron chi connectivity index (χ4n) is 4.36. The summed E-state index contributed by atoms with van der Waals surface area (Å²) >= 11 is 0. The molecule has 0 N–H and O–H groups in total. The molecule has 2 aliphatic heterocycles. The summed E-state index contributed by atoms with van der Waals surface area (Å²) in [5, 5.41) is 3.88. The van der Waals surface area contributed by atoms with Crippen LogP contribution in [0.1, 0.15) is 30.1 Å². The summed E-state index contributed by atoms with van der Waals surface area (Å²) in [6.07, 6.45) is 0.851. The lowest BCUT2D eigenvalue weighted by atomic mass is 9.73. The Kier molecular flexibility index (Phi) is 5.41. The minimum Gasteiger partial charge on any atom is -0.375 e. The second kappa shape index (κ2) is 7.75. The lowest BCUT2D eigenvalue weighted by Gasteiger charge is -2.48. The monoisotopic (exact) mass is 434 g/mol. The van der Waals surface area contributed by atoms with Crippen molar-refractivity contribution in [3.05, 3.63) is 41.5 Å². The summed E-state index contributed by atoms with van der Waals surface area (Å²) in [6.45, 7) is 5.18. The van der Waals surface area contributed by atoms with E-state index in [1.807, 2.05) is 19.1 Å².